The molecule has 3 rings (SSSR count). The molecular formula is C22H16BrN3O4. The van der Waals surface area contributed by atoms with E-state index in [0.717, 1.165) is 5.56 Å². The second-order valence-corrected chi connectivity index (χ2v) is 7.25. The summed E-state index contributed by atoms with van der Waals surface area (Å²) in [6.45, 7) is 1.83. The quantitative estimate of drug-likeness (QED) is 0.226. The smallest absolute Gasteiger partial charge is 0.270 e. The average molecular weight is 466 g/mol. The highest BCUT2D eigenvalue weighted by Crippen LogP contribution is 2.33. The van der Waals surface area contributed by atoms with Gasteiger partial charge in [0.1, 0.15) is 23.2 Å². The Morgan fingerprint density at radius 2 is 1.97 bits per heavy atom. The van der Waals surface area contributed by atoms with Gasteiger partial charge in [0.2, 0.25) is 0 Å². The lowest BCUT2D eigenvalue weighted by Crippen LogP contribution is -2.27. The van der Waals surface area contributed by atoms with Gasteiger partial charge in [-0.3, -0.25) is 14.9 Å². The fraction of sp³-hybridized carbons (Fsp3) is 0.0909. The molecule has 150 valence electrons. The molecule has 1 unspecified atom stereocenters. The number of carbonyl (C=O) groups is 1. The number of rotatable bonds is 6. The van der Waals surface area contributed by atoms with Gasteiger partial charge in [0.15, 0.2) is 0 Å². The second kappa shape index (κ2) is 9.20. The summed E-state index contributed by atoms with van der Waals surface area (Å²) in [5, 5.41) is 23.1. The second-order valence-electron chi connectivity index (χ2n) is 6.40. The molecule has 1 heterocycles. The van der Waals surface area contributed by atoms with Gasteiger partial charge in [0.25, 0.3) is 11.6 Å². The van der Waals surface area contributed by atoms with Crippen molar-refractivity contribution in [2.45, 2.75) is 13.0 Å². The van der Waals surface area contributed by atoms with Crippen LogP contribution in [0.1, 0.15) is 24.3 Å². The fourth-order valence-electron chi connectivity index (χ4n) is 2.78. The van der Waals surface area contributed by atoms with Gasteiger partial charge >= 0.3 is 0 Å². The van der Waals surface area contributed by atoms with Gasteiger partial charge in [-0.25, -0.2) is 0 Å². The van der Waals surface area contributed by atoms with Gasteiger partial charge in [-0.05, 0) is 46.6 Å². The maximum atomic E-state index is 12.5. The lowest BCUT2D eigenvalue weighted by atomic mass is 10.1. The molecule has 8 heteroatoms. The van der Waals surface area contributed by atoms with Gasteiger partial charge in [-0.2, -0.15) is 5.26 Å². The number of nitrogens with one attached hydrogen (secondary N) is 1. The third kappa shape index (κ3) is 4.82. The first-order chi connectivity index (χ1) is 14.4. The Bertz CT molecular complexity index is 1160. The number of hydrogen-bond acceptors (Lipinski definition) is 5. The van der Waals surface area contributed by atoms with Gasteiger partial charge in [0, 0.05) is 28.2 Å². The number of nitriles is 1. The average Bonchev–Trinajstić information content (AvgIpc) is 3.20. The molecule has 1 N–H and O–H groups in total. The van der Waals surface area contributed by atoms with Crippen LogP contribution >= 0.6 is 15.9 Å². The van der Waals surface area contributed by atoms with Crippen molar-refractivity contribution in [1.29, 1.82) is 5.26 Å². The lowest BCUT2D eigenvalue weighted by molar-refractivity contribution is -0.384. The van der Waals surface area contributed by atoms with Crippen molar-refractivity contribution in [1.82, 2.24) is 5.32 Å². The van der Waals surface area contributed by atoms with Gasteiger partial charge in [0.05, 0.1) is 11.0 Å². The molecule has 0 aliphatic rings. The fourth-order valence-corrected chi connectivity index (χ4v) is 3.34. The van der Waals surface area contributed by atoms with Gasteiger partial charge in [-0.1, -0.05) is 30.3 Å². The van der Waals surface area contributed by atoms with Crippen molar-refractivity contribution < 1.29 is 14.1 Å². The number of hydrogen-bond donors (Lipinski definition) is 1. The molecule has 1 amide bonds. The molecule has 0 fully saturated rings. The van der Waals surface area contributed by atoms with Crippen LogP contribution in [0.3, 0.4) is 0 Å². The van der Waals surface area contributed by atoms with Crippen LogP contribution < -0.4 is 5.32 Å². The summed E-state index contributed by atoms with van der Waals surface area (Å²) in [5.74, 6) is 0.246. The number of non-ortho nitro benzene ring substituents is 1. The van der Waals surface area contributed by atoms with Gasteiger partial charge in [-0.15, -0.1) is 0 Å². The molecule has 1 aromatic heterocycles. The number of carbonyl (C=O) groups excluding carboxylic acids is 1. The number of halogens is 1. The Hall–Kier alpha value is -3.70. The van der Waals surface area contributed by atoms with Crippen molar-refractivity contribution in [2.24, 2.45) is 0 Å². The van der Waals surface area contributed by atoms with E-state index in [1.165, 1.54) is 18.2 Å². The van der Waals surface area contributed by atoms with E-state index in [1.807, 2.05) is 43.3 Å². The van der Waals surface area contributed by atoms with E-state index in [-0.39, 0.29) is 17.3 Å². The van der Waals surface area contributed by atoms with Crippen LogP contribution in [0.5, 0.6) is 0 Å². The number of nitro benzene ring substituents is 1. The molecule has 0 aliphatic heterocycles. The lowest BCUT2D eigenvalue weighted by Gasteiger charge is -2.13. The summed E-state index contributed by atoms with van der Waals surface area (Å²) < 4.78 is 6.21. The molecule has 0 aliphatic carbocycles. The molecule has 0 saturated heterocycles. The number of benzene rings is 2. The van der Waals surface area contributed by atoms with Crippen LogP contribution in [0.4, 0.5) is 5.69 Å². The topological polar surface area (TPSA) is 109 Å². The SMILES string of the molecule is CC(NC(=O)/C(C#N)=C/c1ccc(-c2ccc([N+](=O)[O-])cc2Br)o1)c1ccccc1. The normalized spacial score (nSPS) is 12.1. The standard InChI is InChI=1S/C22H16BrN3O4/c1-14(15-5-3-2-4-6-15)25-22(27)16(13-24)11-18-8-10-21(30-18)19-9-7-17(26(28)29)12-20(19)23/h2-12,14H,1H3,(H,25,27)/b16-11+. The van der Waals surface area contributed by atoms with Crippen molar-refractivity contribution in [3.8, 4) is 17.4 Å². The zero-order valence-electron chi connectivity index (χ0n) is 15.8. The van der Waals surface area contributed by atoms with E-state index < -0.39 is 10.8 Å². The minimum atomic E-state index is -0.511. The highest BCUT2D eigenvalue weighted by atomic mass is 79.9. The van der Waals surface area contributed by atoms with Crippen LogP contribution in [-0.2, 0) is 4.79 Å². The van der Waals surface area contributed by atoms with E-state index in [2.05, 4.69) is 21.2 Å². The third-order valence-corrected chi connectivity index (χ3v) is 5.01. The number of furan rings is 1. The van der Waals surface area contributed by atoms with E-state index in [4.69, 9.17) is 4.42 Å². The molecule has 0 radical (unpaired) electrons. The van der Waals surface area contributed by atoms with Crippen LogP contribution in [-0.4, -0.2) is 10.8 Å². The van der Waals surface area contributed by atoms with Crippen LogP contribution in [0.15, 0.2) is 75.1 Å². The number of nitrogens with zero attached hydrogens (tertiary/aromatic N) is 2. The van der Waals surface area contributed by atoms with Crippen molar-refractivity contribution >= 4 is 33.6 Å². The largest absolute Gasteiger partial charge is 0.457 e. The first kappa shape index (κ1) is 21.0. The molecule has 0 saturated carbocycles. The summed E-state index contributed by atoms with van der Waals surface area (Å²) in [5.41, 5.74) is 1.39. The van der Waals surface area contributed by atoms with Crippen molar-refractivity contribution in [3.63, 3.8) is 0 Å². The minimum absolute atomic E-state index is 0.0479. The Kier molecular flexibility index (Phi) is 6.45. The molecule has 3 aromatic rings. The van der Waals surface area contributed by atoms with Crippen LogP contribution in [0.2, 0.25) is 0 Å². The molecule has 30 heavy (non-hydrogen) atoms. The molecule has 1 atom stereocenters. The van der Waals surface area contributed by atoms with Gasteiger partial charge < -0.3 is 9.73 Å². The van der Waals surface area contributed by atoms with E-state index in [0.29, 0.717) is 21.6 Å². The summed E-state index contributed by atoms with van der Waals surface area (Å²) in [7, 11) is 0. The van der Waals surface area contributed by atoms with E-state index in [9.17, 15) is 20.2 Å². The third-order valence-electron chi connectivity index (χ3n) is 4.35. The summed E-state index contributed by atoms with van der Waals surface area (Å²) in [6, 6.07) is 18.6. The zero-order chi connectivity index (χ0) is 21.7. The zero-order valence-corrected chi connectivity index (χ0v) is 17.4. The Labute approximate surface area is 180 Å². The highest BCUT2D eigenvalue weighted by molar-refractivity contribution is 9.10. The molecular weight excluding hydrogens is 450 g/mol. The molecule has 7 nitrogen and oxygen atoms in total. The van der Waals surface area contributed by atoms with E-state index >= 15 is 0 Å². The molecule has 0 bridgehead atoms. The summed E-state index contributed by atoms with van der Waals surface area (Å²) in [4.78, 5) is 22.9. The summed E-state index contributed by atoms with van der Waals surface area (Å²) in [6.07, 6.45) is 1.36. The Morgan fingerprint density at radius 1 is 1.23 bits per heavy atom. The number of nitro groups is 1. The predicted molar refractivity (Wildman–Crippen MR) is 115 cm³/mol. The maximum absolute atomic E-state index is 12.5. The first-order valence-corrected chi connectivity index (χ1v) is 9.70. The highest BCUT2D eigenvalue weighted by Gasteiger charge is 2.16. The monoisotopic (exact) mass is 465 g/mol. The summed E-state index contributed by atoms with van der Waals surface area (Å²) >= 11 is 3.30. The van der Waals surface area contributed by atoms with Crippen LogP contribution in [0.25, 0.3) is 17.4 Å². The van der Waals surface area contributed by atoms with Crippen molar-refractivity contribution in [3.05, 3.63) is 92.1 Å². The van der Waals surface area contributed by atoms with Crippen LogP contribution in [0, 0.1) is 21.4 Å². The molecule has 2 aromatic carbocycles. The maximum Gasteiger partial charge on any atom is 0.270 e. The first-order valence-electron chi connectivity index (χ1n) is 8.91. The van der Waals surface area contributed by atoms with Crippen molar-refractivity contribution in [2.75, 3.05) is 0 Å². The molecule has 0 spiro atoms. The Balaban J connectivity index is 1.79. The predicted octanol–water partition coefficient (Wildman–Crippen LogP) is 5.40. The minimum Gasteiger partial charge on any atom is -0.457 e. The Morgan fingerprint density at radius 3 is 2.60 bits per heavy atom. The number of amides is 1. The van der Waals surface area contributed by atoms with E-state index in [1.54, 1.807) is 18.2 Å².